The summed E-state index contributed by atoms with van der Waals surface area (Å²) in [5.74, 6) is -0.498. The Labute approximate surface area is 187 Å². The van der Waals surface area contributed by atoms with E-state index in [-0.39, 0.29) is 11.4 Å². The summed E-state index contributed by atoms with van der Waals surface area (Å²) >= 11 is 0. The lowest BCUT2D eigenvalue weighted by atomic mass is 10.1. The molecule has 2 heterocycles. The van der Waals surface area contributed by atoms with Crippen LogP contribution >= 0.6 is 0 Å². The number of nitrogens with zero attached hydrogens (tertiary/aromatic N) is 5. The lowest BCUT2D eigenvalue weighted by Gasteiger charge is -2.11. The van der Waals surface area contributed by atoms with Crippen LogP contribution in [0.25, 0.3) is 11.4 Å². The molecule has 4 rings (SSSR count). The van der Waals surface area contributed by atoms with Crippen molar-refractivity contribution in [3.8, 4) is 11.4 Å². The second-order valence-corrected chi connectivity index (χ2v) is 7.44. The van der Waals surface area contributed by atoms with Gasteiger partial charge in [-0.15, -0.1) is 5.10 Å². The first-order valence-corrected chi connectivity index (χ1v) is 10.3. The number of aryl methyl sites for hydroxylation is 2. The summed E-state index contributed by atoms with van der Waals surface area (Å²) in [6.07, 6.45) is -0.00969. The molecule has 0 bridgehead atoms. The van der Waals surface area contributed by atoms with Gasteiger partial charge < -0.3 is 5.32 Å². The predicted octanol–water partition coefficient (Wildman–Crippen LogP) is 4.14. The molecule has 0 aliphatic rings. The fraction of sp³-hybridized carbons (Fsp3) is 0.217. The van der Waals surface area contributed by atoms with E-state index in [1.54, 1.807) is 0 Å². The van der Waals surface area contributed by atoms with Gasteiger partial charge in [-0.05, 0) is 49.6 Å². The van der Waals surface area contributed by atoms with Gasteiger partial charge in [0.15, 0.2) is 5.69 Å². The molecule has 0 aliphatic heterocycles. The molecule has 10 heteroatoms. The van der Waals surface area contributed by atoms with E-state index in [0.717, 1.165) is 27.7 Å². The molecule has 2 aromatic carbocycles. The van der Waals surface area contributed by atoms with Crippen LogP contribution in [0.5, 0.6) is 0 Å². The summed E-state index contributed by atoms with van der Waals surface area (Å²) in [6, 6.07) is 14.8. The third kappa shape index (κ3) is 5.11. The molecule has 0 spiro atoms. The molecule has 33 heavy (non-hydrogen) atoms. The Kier molecular flexibility index (Phi) is 6.25. The standard InChI is InChI=1S/C23H21F3N6O/c1-16-17(14-31(29-16)18-9-3-2-4-10-18)8-7-13-27-22(33)20-15-32(30-28-20)21-12-6-5-11-19(21)23(24,25)26/h2-6,9-12,14-15H,7-8,13H2,1H3,(H,27,33). The van der Waals surface area contributed by atoms with Gasteiger partial charge in [-0.3, -0.25) is 4.79 Å². The summed E-state index contributed by atoms with van der Waals surface area (Å²) in [5, 5.41) is 14.7. The lowest BCUT2D eigenvalue weighted by molar-refractivity contribution is -0.137. The summed E-state index contributed by atoms with van der Waals surface area (Å²) in [4.78, 5) is 12.4. The Bertz CT molecular complexity index is 1250. The number of amides is 1. The van der Waals surface area contributed by atoms with Gasteiger partial charge >= 0.3 is 6.18 Å². The maximum Gasteiger partial charge on any atom is 0.418 e. The number of rotatable bonds is 7. The first-order valence-electron chi connectivity index (χ1n) is 10.3. The summed E-state index contributed by atoms with van der Waals surface area (Å²) in [7, 11) is 0. The second kappa shape index (κ2) is 9.27. The monoisotopic (exact) mass is 454 g/mol. The number of hydrogen-bond donors (Lipinski definition) is 1. The fourth-order valence-corrected chi connectivity index (χ4v) is 3.42. The van der Waals surface area contributed by atoms with E-state index in [2.05, 4.69) is 20.7 Å². The van der Waals surface area contributed by atoms with Crippen molar-refractivity contribution in [1.29, 1.82) is 0 Å². The number of alkyl halides is 3. The molecule has 7 nitrogen and oxygen atoms in total. The molecule has 170 valence electrons. The van der Waals surface area contributed by atoms with Gasteiger partial charge in [0.1, 0.15) is 0 Å². The highest BCUT2D eigenvalue weighted by molar-refractivity contribution is 5.91. The third-order valence-electron chi connectivity index (χ3n) is 5.11. The minimum absolute atomic E-state index is 0.0555. The summed E-state index contributed by atoms with van der Waals surface area (Å²) in [5.41, 5.74) is 1.85. The number of benzene rings is 2. The Balaban J connectivity index is 1.34. The first-order chi connectivity index (χ1) is 15.8. The maximum atomic E-state index is 13.2. The molecular weight excluding hydrogens is 433 g/mol. The number of carbonyl (C=O) groups is 1. The maximum absolute atomic E-state index is 13.2. The minimum atomic E-state index is -4.54. The largest absolute Gasteiger partial charge is 0.418 e. The Morgan fingerprint density at radius 3 is 2.48 bits per heavy atom. The lowest BCUT2D eigenvalue weighted by Crippen LogP contribution is -2.25. The predicted molar refractivity (Wildman–Crippen MR) is 115 cm³/mol. The Hall–Kier alpha value is -3.95. The van der Waals surface area contributed by atoms with E-state index >= 15 is 0 Å². The highest BCUT2D eigenvalue weighted by Gasteiger charge is 2.34. The van der Waals surface area contributed by atoms with Crippen LogP contribution in [0.15, 0.2) is 67.0 Å². The zero-order valence-electron chi connectivity index (χ0n) is 17.8. The summed E-state index contributed by atoms with van der Waals surface area (Å²) < 4.78 is 42.5. The van der Waals surface area contributed by atoms with Gasteiger partial charge in [-0.1, -0.05) is 35.5 Å². The van der Waals surface area contributed by atoms with Crippen molar-refractivity contribution in [2.75, 3.05) is 6.54 Å². The normalized spacial score (nSPS) is 11.5. The zero-order chi connectivity index (χ0) is 23.4. The molecule has 0 atom stereocenters. The first kappa shape index (κ1) is 22.3. The molecule has 0 radical (unpaired) electrons. The van der Waals surface area contributed by atoms with Crippen LogP contribution in [-0.2, 0) is 12.6 Å². The molecule has 0 unspecified atom stereocenters. The van der Waals surface area contributed by atoms with Gasteiger partial charge in [-0.2, -0.15) is 18.3 Å². The molecule has 0 fully saturated rings. The summed E-state index contributed by atoms with van der Waals surface area (Å²) in [6.45, 7) is 2.31. The number of hydrogen-bond acceptors (Lipinski definition) is 4. The van der Waals surface area contributed by atoms with Crippen molar-refractivity contribution >= 4 is 5.91 Å². The SMILES string of the molecule is Cc1nn(-c2ccccc2)cc1CCCNC(=O)c1cn(-c2ccccc2C(F)(F)F)nn1. The molecule has 2 aromatic heterocycles. The van der Waals surface area contributed by atoms with Crippen LogP contribution in [0.2, 0.25) is 0 Å². The Morgan fingerprint density at radius 1 is 1.00 bits per heavy atom. The van der Waals surface area contributed by atoms with Crippen LogP contribution in [0.1, 0.15) is 33.7 Å². The molecule has 0 saturated heterocycles. The van der Waals surface area contributed by atoms with Crippen molar-refractivity contribution in [3.63, 3.8) is 0 Å². The van der Waals surface area contributed by atoms with Crippen LogP contribution in [0, 0.1) is 6.92 Å². The quantitative estimate of drug-likeness (QED) is 0.426. The van der Waals surface area contributed by atoms with E-state index in [9.17, 15) is 18.0 Å². The van der Waals surface area contributed by atoms with Crippen LogP contribution in [0.4, 0.5) is 13.2 Å². The van der Waals surface area contributed by atoms with Gasteiger partial charge in [0.25, 0.3) is 5.91 Å². The van der Waals surface area contributed by atoms with E-state index in [1.165, 1.54) is 24.4 Å². The number of para-hydroxylation sites is 2. The molecule has 0 aliphatic carbocycles. The zero-order valence-corrected chi connectivity index (χ0v) is 17.8. The average Bonchev–Trinajstić information content (AvgIpc) is 3.44. The van der Waals surface area contributed by atoms with Crippen LogP contribution in [0.3, 0.4) is 0 Å². The van der Waals surface area contributed by atoms with Crippen molar-refractivity contribution < 1.29 is 18.0 Å². The molecule has 4 aromatic rings. The van der Waals surface area contributed by atoms with E-state index in [0.29, 0.717) is 19.4 Å². The van der Waals surface area contributed by atoms with E-state index < -0.39 is 17.6 Å². The number of carbonyl (C=O) groups excluding carboxylic acids is 1. The Morgan fingerprint density at radius 2 is 1.73 bits per heavy atom. The van der Waals surface area contributed by atoms with Crippen LogP contribution < -0.4 is 5.32 Å². The van der Waals surface area contributed by atoms with Crippen LogP contribution in [-0.4, -0.2) is 37.2 Å². The van der Waals surface area contributed by atoms with Gasteiger partial charge in [-0.25, -0.2) is 9.36 Å². The fourth-order valence-electron chi connectivity index (χ4n) is 3.42. The highest BCUT2D eigenvalue weighted by Crippen LogP contribution is 2.33. The number of halogens is 3. The molecular formula is C23H21F3N6O. The molecule has 0 saturated carbocycles. The van der Waals surface area contributed by atoms with E-state index in [4.69, 9.17) is 0 Å². The minimum Gasteiger partial charge on any atom is -0.351 e. The van der Waals surface area contributed by atoms with Gasteiger partial charge in [0.2, 0.25) is 0 Å². The van der Waals surface area contributed by atoms with Gasteiger partial charge in [0.05, 0.1) is 28.8 Å². The van der Waals surface area contributed by atoms with E-state index in [1.807, 2.05) is 48.1 Å². The second-order valence-electron chi connectivity index (χ2n) is 7.44. The topological polar surface area (TPSA) is 77.6 Å². The third-order valence-corrected chi connectivity index (χ3v) is 5.11. The smallest absolute Gasteiger partial charge is 0.351 e. The molecule has 1 N–H and O–H groups in total. The number of aromatic nitrogens is 5. The molecule has 1 amide bonds. The average molecular weight is 454 g/mol. The number of nitrogens with one attached hydrogen (secondary N) is 1. The highest BCUT2D eigenvalue weighted by atomic mass is 19.4. The van der Waals surface area contributed by atoms with Crippen molar-refractivity contribution in [3.05, 3.63) is 89.5 Å². The van der Waals surface area contributed by atoms with Crippen molar-refractivity contribution in [2.45, 2.75) is 25.9 Å². The van der Waals surface area contributed by atoms with Gasteiger partial charge in [0, 0.05) is 12.7 Å². The van der Waals surface area contributed by atoms with Crippen molar-refractivity contribution in [2.24, 2.45) is 0 Å². The van der Waals surface area contributed by atoms with Crippen molar-refractivity contribution in [1.82, 2.24) is 30.1 Å².